The first kappa shape index (κ1) is 15.6. The summed E-state index contributed by atoms with van der Waals surface area (Å²) in [5, 5.41) is 3.87. The summed E-state index contributed by atoms with van der Waals surface area (Å²) in [7, 11) is 0. The summed E-state index contributed by atoms with van der Waals surface area (Å²) in [5.74, 6) is -1.02. The number of hydrogen-bond acceptors (Lipinski definition) is 7. The van der Waals surface area contributed by atoms with Crippen molar-refractivity contribution < 1.29 is 19.1 Å². The number of rotatable bonds is 6. The molecule has 116 valence electrons. The third kappa shape index (κ3) is 3.29. The Hall–Kier alpha value is -1.76. The molecule has 0 unspecified atom stereocenters. The van der Waals surface area contributed by atoms with Crippen LogP contribution in [0.4, 0.5) is 10.7 Å². The van der Waals surface area contributed by atoms with Crippen LogP contribution in [0, 0.1) is 0 Å². The molecule has 2 rings (SSSR count). The van der Waals surface area contributed by atoms with Crippen molar-refractivity contribution in [2.24, 2.45) is 0 Å². The fourth-order valence-electron chi connectivity index (χ4n) is 2.04. The molecule has 7 heteroatoms. The standard InChI is InChI=1S/C14H20N2O4S/c1-3-19-13(17)9-10(15)11(14(18)20-4-2)21-12(9)16-8-6-5-7-8/h8,16H,3-7,15H2,1-2H3. The molecule has 0 radical (unpaired) electrons. The van der Waals surface area contributed by atoms with E-state index in [0.29, 0.717) is 11.0 Å². The van der Waals surface area contributed by atoms with E-state index in [1.807, 2.05) is 0 Å². The molecule has 6 nitrogen and oxygen atoms in total. The Kier molecular flexibility index (Phi) is 5.06. The Morgan fingerprint density at radius 3 is 2.38 bits per heavy atom. The van der Waals surface area contributed by atoms with Gasteiger partial charge in [-0.25, -0.2) is 9.59 Å². The monoisotopic (exact) mass is 312 g/mol. The van der Waals surface area contributed by atoms with Gasteiger partial charge < -0.3 is 20.5 Å². The lowest BCUT2D eigenvalue weighted by atomic mass is 9.93. The van der Waals surface area contributed by atoms with Gasteiger partial charge in [0.1, 0.15) is 15.4 Å². The summed E-state index contributed by atoms with van der Waals surface area (Å²) >= 11 is 1.15. The highest BCUT2D eigenvalue weighted by atomic mass is 32.1. The fourth-order valence-corrected chi connectivity index (χ4v) is 3.12. The topological polar surface area (TPSA) is 90.6 Å². The molecule has 0 aromatic carbocycles. The van der Waals surface area contributed by atoms with Crippen molar-refractivity contribution in [2.75, 3.05) is 24.3 Å². The molecule has 21 heavy (non-hydrogen) atoms. The van der Waals surface area contributed by atoms with E-state index in [0.717, 1.165) is 30.6 Å². The summed E-state index contributed by atoms with van der Waals surface area (Å²) in [6.45, 7) is 3.97. The van der Waals surface area contributed by atoms with Crippen LogP contribution in [0.25, 0.3) is 0 Å². The van der Waals surface area contributed by atoms with E-state index in [-0.39, 0.29) is 29.3 Å². The summed E-state index contributed by atoms with van der Waals surface area (Å²) in [5.41, 5.74) is 6.36. The average molecular weight is 312 g/mol. The number of nitrogens with one attached hydrogen (secondary N) is 1. The van der Waals surface area contributed by atoms with Crippen molar-refractivity contribution in [3.63, 3.8) is 0 Å². The van der Waals surface area contributed by atoms with Gasteiger partial charge in [-0.05, 0) is 33.1 Å². The van der Waals surface area contributed by atoms with Crippen molar-refractivity contribution in [3.05, 3.63) is 10.4 Å². The predicted octanol–water partition coefficient (Wildman–Crippen LogP) is 2.65. The van der Waals surface area contributed by atoms with E-state index < -0.39 is 11.9 Å². The first-order valence-electron chi connectivity index (χ1n) is 7.11. The van der Waals surface area contributed by atoms with Crippen molar-refractivity contribution >= 4 is 34.0 Å². The molecule has 1 fully saturated rings. The number of carbonyl (C=O) groups excluding carboxylic acids is 2. The SMILES string of the molecule is CCOC(=O)c1sc(NC2CCC2)c(C(=O)OCC)c1N. The molecule has 0 saturated heterocycles. The van der Waals surface area contributed by atoms with Crippen molar-refractivity contribution in [1.29, 1.82) is 0 Å². The largest absolute Gasteiger partial charge is 0.462 e. The van der Waals surface area contributed by atoms with Crippen LogP contribution in [0.2, 0.25) is 0 Å². The Labute approximate surface area is 127 Å². The molecule has 1 aromatic heterocycles. The molecule has 0 atom stereocenters. The lowest BCUT2D eigenvalue weighted by Crippen LogP contribution is -2.27. The third-order valence-electron chi connectivity index (χ3n) is 3.33. The zero-order chi connectivity index (χ0) is 15.4. The van der Waals surface area contributed by atoms with Gasteiger partial charge in [-0.1, -0.05) is 0 Å². The minimum atomic E-state index is -0.511. The number of thiophene rings is 1. The van der Waals surface area contributed by atoms with E-state index in [1.165, 1.54) is 0 Å². The van der Waals surface area contributed by atoms with Crippen LogP contribution in [0.15, 0.2) is 0 Å². The van der Waals surface area contributed by atoms with Crippen LogP contribution in [0.5, 0.6) is 0 Å². The molecule has 1 aromatic rings. The lowest BCUT2D eigenvalue weighted by molar-refractivity contribution is 0.0528. The number of anilines is 2. The molecule has 0 amide bonds. The minimum Gasteiger partial charge on any atom is -0.462 e. The molecular weight excluding hydrogens is 292 g/mol. The summed E-state index contributed by atoms with van der Waals surface area (Å²) < 4.78 is 10.0. The van der Waals surface area contributed by atoms with Crippen molar-refractivity contribution in [2.45, 2.75) is 39.2 Å². The summed E-state index contributed by atoms with van der Waals surface area (Å²) in [4.78, 5) is 24.2. The third-order valence-corrected chi connectivity index (χ3v) is 4.44. The van der Waals surface area contributed by atoms with Gasteiger partial charge in [0.15, 0.2) is 0 Å². The smallest absolute Gasteiger partial charge is 0.350 e. The molecule has 0 aliphatic heterocycles. The van der Waals surface area contributed by atoms with Crippen LogP contribution >= 0.6 is 11.3 Å². The molecule has 0 bridgehead atoms. The van der Waals surface area contributed by atoms with E-state index >= 15 is 0 Å². The van der Waals surface area contributed by atoms with Gasteiger partial charge in [0.25, 0.3) is 0 Å². The second-order valence-corrected chi connectivity index (χ2v) is 5.78. The van der Waals surface area contributed by atoms with Gasteiger partial charge in [-0.2, -0.15) is 0 Å². The van der Waals surface area contributed by atoms with E-state index in [1.54, 1.807) is 13.8 Å². The van der Waals surface area contributed by atoms with E-state index in [9.17, 15) is 9.59 Å². The van der Waals surface area contributed by atoms with E-state index in [4.69, 9.17) is 15.2 Å². The molecule has 1 heterocycles. The molecule has 0 spiro atoms. The number of carbonyl (C=O) groups is 2. The number of esters is 2. The van der Waals surface area contributed by atoms with Gasteiger partial charge >= 0.3 is 11.9 Å². The highest BCUT2D eigenvalue weighted by Gasteiger charge is 2.29. The van der Waals surface area contributed by atoms with Crippen LogP contribution in [-0.4, -0.2) is 31.2 Å². The highest BCUT2D eigenvalue weighted by molar-refractivity contribution is 7.19. The second kappa shape index (κ2) is 6.80. The number of hydrogen-bond donors (Lipinski definition) is 2. The zero-order valence-electron chi connectivity index (χ0n) is 12.2. The van der Waals surface area contributed by atoms with Crippen LogP contribution < -0.4 is 11.1 Å². The Balaban J connectivity index is 2.33. The summed E-state index contributed by atoms with van der Waals surface area (Å²) in [6, 6.07) is 0.325. The molecule has 1 aliphatic rings. The second-order valence-electron chi connectivity index (χ2n) is 4.76. The predicted molar refractivity (Wildman–Crippen MR) is 81.9 cm³/mol. The van der Waals surface area contributed by atoms with Crippen LogP contribution in [-0.2, 0) is 9.47 Å². The average Bonchev–Trinajstić information content (AvgIpc) is 2.71. The van der Waals surface area contributed by atoms with Crippen LogP contribution in [0.1, 0.15) is 53.1 Å². The quantitative estimate of drug-likeness (QED) is 0.785. The maximum Gasteiger partial charge on any atom is 0.350 e. The number of ether oxygens (including phenoxy) is 2. The molecule has 1 aliphatic carbocycles. The number of nitrogens with two attached hydrogens (primary N) is 1. The highest BCUT2D eigenvalue weighted by Crippen LogP contribution is 2.38. The molecule has 1 saturated carbocycles. The van der Waals surface area contributed by atoms with Gasteiger partial charge in [0, 0.05) is 6.04 Å². The Morgan fingerprint density at radius 1 is 1.24 bits per heavy atom. The lowest BCUT2D eigenvalue weighted by Gasteiger charge is -2.27. The summed E-state index contributed by atoms with van der Waals surface area (Å²) in [6.07, 6.45) is 3.27. The van der Waals surface area contributed by atoms with Gasteiger partial charge in [0.05, 0.1) is 18.9 Å². The van der Waals surface area contributed by atoms with Crippen LogP contribution in [0.3, 0.4) is 0 Å². The maximum absolute atomic E-state index is 12.1. The zero-order valence-corrected chi connectivity index (χ0v) is 13.0. The maximum atomic E-state index is 12.1. The molecular formula is C14H20N2O4S. The van der Waals surface area contributed by atoms with E-state index in [2.05, 4.69) is 5.32 Å². The van der Waals surface area contributed by atoms with Gasteiger partial charge in [-0.3, -0.25) is 0 Å². The van der Waals surface area contributed by atoms with Crippen molar-refractivity contribution in [1.82, 2.24) is 0 Å². The first-order chi connectivity index (χ1) is 10.1. The first-order valence-corrected chi connectivity index (χ1v) is 7.93. The normalized spacial score (nSPS) is 14.4. The minimum absolute atomic E-state index is 0.138. The number of nitrogen functional groups attached to an aromatic ring is 1. The Morgan fingerprint density at radius 2 is 1.86 bits per heavy atom. The van der Waals surface area contributed by atoms with Gasteiger partial charge in [-0.15, -0.1) is 11.3 Å². The van der Waals surface area contributed by atoms with Gasteiger partial charge in [0.2, 0.25) is 0 Å². The molecule has 3 N–H and O–H groups in total. The van der Waals surface area contributed by atoms with Crippen molar-refractivity contribution in [3.8, 4) is 0 Å². The fraction of sp³-hybridized carbons (Fsp3) is 0.571. The Bertz CT molecular complexity index is 537.